The maximum absolute atomic E-state index is 12.1. The van der Waals surface area contributed by atoms with Gasteiger partial charge in [-0.1, -0.05) is 13.3 Å². The van der Waals surface area contributed by atoms with Crippen LogP contribution in [0.25, 0.3) is 0 Å². The summed E-state index contributed by atoms with van der Waals surface area (Å²) in [5, 5.41) is -0.394. The van der Waals surface area contributed by atoms with Crippen molar-refractivity contribution in [3.05, 3.63) is 30.1 Å². The van der Waals surface area contributed by atoms with Crippen molar-refractivity contribution in [1.29, 1.82) is 0 Å². The zero-order valence-corrected chi connectivity index (χ0v) is 11.4. The number of sulfone groups is 1. The zero-order valence-electron chi connectivity index (χ0n) is 10.6. The molecule has 1 saturated heterocycles. The fraction of sp³-hybridized carbons (Fsp3) is 0.615. The minimum Gasteiger partial charge on any atom is -0.326 e. The van der Waals surface area contributed by atoms with Gasteiger partial charge in [-0.3, -0.25) is 4.98 Å². The fourth-order valence-corrected chi connectivity index (χ4v) is 4.77. The lowest BCUT2D eigenvalue weighted by Crippen LogP contribution is -2.46. The lowest BCUT2D eigenvalue weighted by molar-refractivity contribution is 0.462. The molecule has 0 amide bonds. The number of nitrogens with zero attached hydrogens (tertiary/aromatic N) is 1. The van der Waals surface area contributed by atoms with Crippen LogP contribution in [0.5, 0.6) is 0 Å². The summed E-state index contributed by atoms with van der Waals surface area (Å²) in [6.45, 7) is 1.99. The first-order chi connectivity index (χ1) is 8.52. The van der Waals surface area contributed by atoms with E-state index in [4.69, 9.17) is 5.73 Å². The molecule has 1 aromatic rings. The van der Waals surface area contributed by atoms with Crippen molar-refractivity contribution in [1.82, 2.24) is 4.98 Å². The maximum atomic E-state index is 12.1. The molecule has 1 aliphatic rings. The molecule has 18 heavy (non-hydrogen) atoms. The molecule has 3 unspecified atom stereocenters. The Bertz CT molecular complexity index is 487. The van der Waals surface area contributed by atoms with E-state index in [0.717, 1.165) is 18.4 Å². The number of pyridine rings is 1. The molecule has 5 heteroatoms. The number of aromatic nitrogens is 1. The largest absolute Gasteiger partial charge is 0.326 e. The lowest BCUT2D eigenvalue weighted by Gasteiger charge is -2.31. The summed E-state index contributed by atoms with van der Waals surface area (Å²) < 4.78 is 24.1. The second-order valence-electron chi connectivity index (χ2n) is 5.05. The molecule has 3 atom stereocenters. The van der Waals surface area contributed by atoms with Gasteiger partial charge in [0.1, 0.15) is 0 Å². The number of hydrogen-bond acceptors (Lipinski definition) is 4. The molecule has 2 heterocycles. The number of rotatable bonds is 3. The summed E-state index contributed by atoms with van der Waals surface area (Å²) in [6.07, 6.45) is 5.86. The molecule has 0 saturated carbocycles. The highest BCUT2D eigenvalue weighted by Crippen LogP contribution is 2.28. The molecule has 2 N–H and O–H groups in total. The second-order valence-corrected chi connectivity index (χ2v) is 7.39. The summed E-state index contributed by atoms with van der Waals surface area (Å²) in [7, 11) is -3.02. The average Bonchev–Trinajstić information content (AvgIpc) is 2.37. The van der Waals surface area contributed by atoms with Crippen molar-refractivity contribution >= 4 is 9.84 Å². The molecule has 1 aromatic heterocycles. The van der Waals surface area contributed by atoms with E-state index in [9.17, 15) is 8.42 Å². The van der Waals surface area contributed by atoms with Gasteiger partial charge in [-0.05, 0) is 36.5 Å². The predicted octanol–water partition coefficient (Wildman–Crippen LogP) is 1.48. The molecule has 0 spiro atoms. The SMILES string of the molecule is CC(c1ccncc1)C(N)C1CCCCS1(=O)=O. The molecule has 100 valence electrons. The van der Waals surface area contributed by atoms with Gasteiger partial charge in [0.15, 0.2) is 9.84 Å². The molecule has 2 rings (SSSR count). The van der Waals surface area contributed by atoms with Crippen molar-refractivity contribution < 1.29 is 8.42 Å². The smallest absolute Gasteiger partial charge is 0.154 e. The van der Waals surface area contributed by atoms with Crippen LogP contribution < -0.4 is 5.73 Å². The van der Waals surface area contributed by atoms with Crippen LogP contribution in [0.15, 0.2) is 24.5 Å². The zero-order chi connectivity index (χ0) is 13.2. The Balaban J connectivity index is 2.18. The van der Waals surface area contributed by atoms with Crippen LogP contribution in [0, 0.1) is 0 Å². The Hall–Kier alpha value is -0.940. The molecule has 0 aliphatic carbocycles. The van der Waals surface area contributed by atoms with Gasteiger partial charge >= 0.3 is 0 Å². The Morgan fingerprint density at radius 1 is 1.33 bits per heavy atom. The molecule has 0 radical (unpaired) electrons. The van der Waals surface area contributed by atoms with Gasteiger partial charge in [-0.2, -0.15) is 0 Å². The van der Waals surface area contributed by atoms with Gasteiger partial charge in [-0.25, -0.2) is 8.42 Å². The molecule has 1 fully saturated rings. The monoisotopic (exact) mass is 268 g/mol. The van der Waals surface area contributed by atoms with Gasteiger partial charge in [-0.15, -0.1) is 0 Å². The van der Waals surface area contributed by atoms with E-state index >= 15 is 0 Å². The highest BCUT2D eigenvalue weighted by atomic mass is 32.2. The van der Waals surface area contributed by atoms with Gasteiger partial charge in [0.25, 0.3) is 0 Å². The third-order valence-electron chi connectivity index (χ3n) is 3.87. The molecular formula is C13H20N2O2S. The molecule has 0 aromatic carbocycles. The number of hydrogen-bond donors (Lipinski definition) is 1. The minimum absolute atomic E-state index is 0.0332. The van der Waals surface area contributed by atoms with Crippen LogP contribution in [-0.4, -0.2) is 30.4 Å². The van der Waals surface area contributed by atoms with E-state index in [1.165, 1.54) is 0 Å². The topological polar surface area (TPSA) is 73.0 Å². The van der Waals surface area contributed by atoms with Crippen molar-refractivity contribution in [2.75, 3.05) is 5.75 Å². The van der Waals surface area contributed by atoms with E-state index in [0.29, 0.717) is 6.42 Å². The highest BCUT2D eigenvalue weighted by molar-refractivity contribution is 7.92. The van der Waals surface area contributed by atoms with Gasteiger partial charge in [0.05, 0.1) is 11.0 Å². The van der Waals surface area contributed by atoms with E-state index < -0.39 is 15.1 Å². The quantitative estimate of drug-likeness (QED) is 0.901. The van der Waals surface area contributed by atoms with E-state index in [2.05, 4.69) is 4.98 Å². The highest BCUT2D eigenvalue weighted by Gasteiger charge is 2.36. The third-order valence-corrected chi connectivity index (χ3v) is 6.20. The van der Waals surface area contributed by atoms with Crippen molar-refractivity contribution in [3.63, 3.8) is 0 Å². The van der Waals surface area contributed by atoms with Crippen molar-refractivity contribution in [3.8, 4) is 0 Å². The molecular weight excluding hydrogens is 248 g/mol. The Kier molecular flexibility index (Phi) is 4.02. The van der Waals surface area contributed by atoms with Gasteiger partial charge in [0.2, 0.25) is 0 Å². The van der Waals surface area contributed by atoms with E-state index in [1.807, 2.05) is 19.1 Å². The average molecular weight is 268 g/mol. The Morgan fingerprint density at radius 2 is 2.00 bits per heavy atom. The summed E-state index contributed by atoms with van der Waals surface area (Å²) in [5.74, 6) is 0.319. The maximum Gasteiger partial charge on any atom is 0.154 e. The van der Waals surface area contributed by atoms with Crippen LogP contribution in [0.1, 0.15) is 37.7 Å². The lowest BCUT2D eigenvalue weighted by atomic mass is 9.90. The molecule has 0 bridgehead atoms. The second kappa shape index (κ2) is 5.36. The summed E-state index contributed by atoms with van der Waals surface area (Å²) in [4.78, 5) is 3.97. The van der Waals surface area contributed by atoms with Gasteiger partial charge in [0, 0.05) is 18.4 Å². The van der Waals surface area contributed by atoms with Crippen molar-refractivity contribution in [2.24, 2.45) is 5.73 Å². The molecule has 1 aliphatic heterocycles. The first-order valence-corrected chi connectivity index (χ1v) is 8.11. The van der Waals surface area contributed by atoms with Crippen LogP contribution in [0.3, 0.4) is 0 Å². The first-order valence-electron chi connectivity index (χ1n) is 6.39. The standard InChI is InChI=1S/C13H20N2O2S/c1-10(11-5-7-15-8-6-11)13(14)12-4-2-3-9-18(12,16)17/h5-8,10,12-13H,2-4,9,14H2,1H3. The third kappa shape index (κ3) is 2.72. The van der Waals surface area contributed by atoms with Crippen LogP contribution in [0.4, 0.5) is 0 Å². The predicted molar refractivity (Wildman–Crippen MR) is 72.1 cm³/mol. The Labute approximate surface area is 109 Å². The Morgan fingerprint density at radius 3 is 2.61 bits per heavy atom. The van der Waals surface area contributed by atoms with Crippen molar-refractivity contribution in [2.45, 2.75) is 43.4 Å². The first kappa shape index (κ1) is 13.5. The fourth-order valence-electron chi connectivity index (χ4n) is 2.62. The van der Waals surface area contributed by atoms with Gasteiger partial charge < -0.3 is 5.73 Å². The molecule has 4 nitrogen and oxygen atoms in total. The summed E-state index contributed by atoms with van der Waals surface area (Å²) in [5.41, 5.74) is 7.25. The van der Waals surface area contributed by atoms with E-state index in [-0.39, 0.29) is 17.7 Å². The van der Waals surface area contributed by atoms with Crippen LogP contribution in [-0.2, 0) is 9.84 Å². The number of nitrogens with two attached hydrogens (primary N) is 1. The normalized spacial score (nSPS) is 26.4. The van der Waals surface area contributed by atoms with Crippen LogP contribution in [0.2, 0.25) is 0 Å². The summed E-state index contributed by atoms with van der Waals surface area (Å²) in [6, 6.07) is 3.47. The van der Waals surface area contributed by atoms with Crippen LogP contribution >= 0.6 is 0 Å². The van der Waals surface area contributed by atoms with E-state index in [1.54, 1.807) is 12.4 Å². The minimum atomic E-state index is -3.02. The summed E-state index contributed by atoms with van der Waals surface area (Å²) >= 11 is 0.